The number of anilines is 3. The van der Waals surface area contributed by atoms with Crippen LogP contribution in [0.15, 0.2) is 71.2 Å². The molecule has 5 heteroatoms. The summed E-state index contributed by atoms with van der Waals surface area (Å²) >= 11 is 0. The van der Waals surface area contributed by atoms with Crippen molar-refractivity contribution in [3.63, 3.8) is 0 Å². The van der Waals surface area contributed by atoms with Crippen LogP contribution in [0.1, 0.15) is 6.92 Å². The number of fused-ring (bicyclic) bond motifs is 1. The zero-order valence-electron chi connectivity index (χ0n) is 12.5. The van der Waals surface area contributed by atoms with Gasteiger partial charge in [-0.05, 0) is 37.3 Å². The molecule has 0 fully saturated rings. The third-order valence-electron chi connectivity index (χ3n) is 3.32. The minimum absolute atomic E-state index is 0.0921. The van der Waals surface area contributed by atoms with Crippen molar-refractivity contribution in [2.24, 2.45) is 10.2 Å². The molecule has 1 aliphatic heterocycles. The molecule has 0 radical (unpaired) electrons. The Morgan fingerprint density at radius 1 is 1.09 bits per heavy atom. The highest BCUT2D eigenvalue weighted by atomic mass is 15.2. The van der Waals surface area contributed by atoms with Crippen LogP contribution in [0.5, 0.6) is 0 Å². The smallest absolute Gasteiger partial charge is 0.100 e. The molecule has 0 aromatic heterocycles. The summed E-state index contributed by atoms with van der Waals surface area (Å²) in [6, 6.07) is 16.1. The standard InChI is InChI=1S/C17H19N5/c1-12(11-18-14-6-4-3-5-7-14)21-22-15-8-9-16-17(10-15)20-13(2)19-16/h3-10,12,18-20H,2,11H2,1H3. The average Bonchev–Trinajstić information content (AvgIpc) is 2.91. The van der Waals surface area contributed by atoms with Gasteiger partial charge in [0.2, 0.25) is 0 Å². The molecule has 112 valence electrons. The van der Waals surface area contributed by atoms with Crippen molar-refractivity contribution in [1.29, 1.82) is 0 Å². The first-order chi connectivity index (χ1) is 10.7. The van der Waals surface area contributed by atoms with Crippen LogP contribution in [0, 0.1) is 0 Å². The zero-order chi connectivity index (χ0) is 15.4. The van der Waals surface area contributed by atoms with Gasteiger partial charge >= 0.3 is 0 Å². The topological polar surface area (TPSA) is 60.8 Å². The summed E-state index contributed by atoms with van der Waals surface area (Å²) in [4.78, 5) is 0. The van der Waals surface area contributed by atoms with E-state index in [0.717, 1.165) is 35.1 Å². The Morgan fingerprint density at radius 3 is 2.68 bits per heavy atom. The highest BCUT2D eigenvalue weighted by molar-refractivity contribution is 5.81. The van der Waals surface area contributed by atoms with Gasteiger partial charge in [0, 0.05) is 12.2 Å². The number of benzene rings is 2. The van der Waals surface area contributed by atoms with Crippen molar-refractivity contribution >= 4 is 22.7 Å². The van der Waals surface area contributed by atoms with E-state index in [9.17, 15) is 0 Å². The summed E-state index contributed by atoms with van der Waals surface area (Å²) in [6.07, 6.45) is 0. The van der Waals surface area contributed by atoms with Gasteiger partial charge in [0.1, 0.15) is 5.82 Å². The minimum Gasteiger partial charge on any atom is -0.383 e. The van der Waals surface area contributed by atoms with Crippen molar-refractivity contribution in [1.82, 2.24) is 0 Å². The van der Waals surface area contributed by atoms with Gasteiger partial charge in [0.25, 0.3) is 0 Å². The molecule has 1 atom stereocenters. The van der Waals surface area contributed by atoms with Crippen molar-refractivity contribution in [2.75, 3.05) is 22.5 Å². The molecular formula is C17H19N5. The number of azo groups is 1. The molecule has 0 saturated heterocycles. The molecule has 1 aliphatic rings. The van der Waals surface area contributed by atoms with Crippen molar-refractivity contribution in [2.45, 2.75) is 13.0 Å². The third kappa shape index (κ3) is 3.44. The van der Waals surface area contributed by atoms with E-state index in [4.69, 9.17) is 0 Å². The Kier molecular flexibility index (Phi) is 4.05. The Balaban J connectivity index is 1.57. The maximum Gasteiger partial charge on any atom is 0.100 e. The second kappa shape index (κ2) is 6.30. The third-order valence-corrected chi connectivity index (χ3v) is 3.32. The molecule has 0 saturated carbocycles. The second-order valence-corrected chi connectivity index (χ2v) is 5.27. The lowest BCUT2D eigenvalue weighted by molar-refractivity contribution is 0.736. The number of rotatable bonds is 5. The largest absolute Gasteiger partial charge is 0.383 e. The maximum atomic E-state index is 4.35. The van der Waals surface area contributed by atoms with Crippen LogP contribution < -0.4 is 16.0 Å². The van der Waals surface area contributed by atoms with E-state index in [-0.39, 0.29) is 6.04 Å². The molecule has 2 aromatic carbocycles. The molecule has 0 amide bonds. The SMILES string of the molecule is C=C1Nc2ccc(N=NC(C)CNc3ccccc3)cc2N1. The van der Waals surface area contributed by atoms with E-state index < -0.39 is 0 Å². The summed E-state index contributed by atoms with van der Waals surface area (Å²) in [5, 5.41) is 18.3. The number of nitrogens with one attached hydrogen (secondary N) is 3. The van der Waals surface area contributed by atoms with Crippen LogP contribution in [0.4, 0.5) is 22.7 Å². The van der Waals surface area contributed by atoms with Crippen molar-refractivity contribution < 1.29 is 0 Å². The summed E-state index contributed by atoms with van der Waals surface area (Å²) in [5.74, 6) is 0.782. The monoisotopic (exact) mass is 293 g/mol. The fourth-order valence-corrected chi connectivity index (χ4v) is 2.19. The normalized spacial score (nSPS) is 14.3. The van der Waals surface area contributed by atoms with Crippen LogP contribution in [0.2, 0.25) is 0 Å². The van der Waals surface area contributed by atoms with Gasteiger partial charge in [-0.25, -0.2) is 0 Å². The molecule has 0 spiro atoms. The van der Waals surface area contributed by atoms with E-state index >= 15 is 0 Å². The van der Waals surface area contributed by atoms with Crippen LogP contribution >= 0.6 is 0 Å². The molecule has 2 aromatic rings. The summed E-state index contributed by atoms with van der Waals surface area (Å²) in [5.41, 5.74) is 3.92. The van der Waals surface area contributed by atoms with E-state index in [2.05, 4.69) is 32.8 Å². The van der Waals surface area contributed by atoms with Crippen molar-refractivity contribution in [3.05, 3.63) is 60.9 Å². The van der Waals surface area contributed by atoms with Gasteiger partial charge in [0.15, 0.2) is 0 Å². The molecule has 0 bridgehead atoms. The highest BCUT2D eigenvalue weighted by Gasteiger charge is 2.12. The predicted molar refractivity (Wildman–Crippen MR) is 91.7 cm³/mol. The van der Waals surface area contributed by atoms with Crippen LogP contribution in [-0.4, -0.2) is 12.6 Å². The summed E-state index contributed by atoms with van der Waals surface area (Å²) in [7, 11) is 0. The molecule has 0 aliphatic carbocycles. The summed E-state index contributed by atoms with van der Waals surface area (Å²) < 4.78 is 0. The molecule has 3 rings (SSSR count). The fourth-order valence-electron chi connectivity index (χ4n) is 2.19. The Morgan fingerprint density at radius 2 is 1.86 bits per heavy atom. The quantitative estimate of drug-likeness (QED) is 0.707. The van der Waals surface area contributed by atoms with E-state index in [1.54, 1.807) is 0 Å². The van der Waals surface area contributed by atoms with Gasteiger partial charge < -0.3 is 16.0 Å². The summed E-state index contributed by atoms with van der Waals surface area (Å²) in [6.45, 7) is 6.62. The lowest BCUT2D eigenvalue weighted by Gasteiger charge is -2.08. The first kappa shape index (κ1) is 14.1. The molecule has 3 N–H and O–H groups in total. The molecule has 1 heterocycles. The lowest BCUT2D eigenvalue weighted by atomic mass is 10.2. The minimum atomic E-state index is 0.0921. The molecule has 22 heavy (non-hydrogen) atoms. The van der Waals surface area contributed by atoms with Crippen LogP contribution in [-0.2, 0) is 0 Å². The van der Waals surface area contributed by atoms with Crippen LogP contribution in [0.3, 0.4) is 0 Å². The average molecular weight is 293 g/mol. The first-order valence-corrected chi connectivity index (χ1v) is 7.27. The maximum absolute atomic E-state index is 4.35. The molecule has 1 unspecified atom stereocenters. The Hall–Kier alpha value is -2.82. The predicted octanol–water partition coefficient (Wildman–Crippen LogP) is 4.58. The number of nitrogens with zero attached hydrogens (tertiary/aromatic N) is 2. The van der Waals surface area contributed by atoms with Gasteiger partial charge in [-0.3, -0.25) is 0 Å². The molecule has 5 nitrogen and oxygen atoms in total. The number of hydrogen-bond acceptors (Lipinski definition) is 5. The van der Waals surface area contributed by atoms with Gasteiger partial charge in [-0.15, -0.1) is 0 Å². The van der Waals surface area contributed by atoms with E-state index in [0.29, 0.717) is 0 Å². The van der Waals surface area contributed by atoms with Gasteiger partial charge in [-0.1, -0.05) is 24.8 Å². The first-order valence-electron chi connectivity index (χ1n) is 7.27. The lowest BCUT2D eigenvalue weighted by Crippen LogP contribution is -2.13. The number of hydrogen-bond donors (Lipinski definition) is 3. The fraction of sp³-hybridized carbons (Fsp3) is 0.176. The highest BCUT2D eigenvalue weighted by Crippen LogP contribution is 2.33. The Bertz CT molecular complexity index is 693. The number of para-hydroxylation sites is 1. The van der Waals surface area contributed by atoms with E-state index in [1.807, 2.05) is 55.5 Å². The zero-order valence-corrected chi connectivity index (χ0v) is 12.5. The second-order valence-electron chi connectivity index (χ2n) is 5.27. The van der Waals surface area contributed by atoms with Gasteiger partial charge in [0.05, 0.1) is 23.1 Å². The van der Waals surface area contributed by atoms with Crippen LogP contribution in [0.25, 0.3) is 0 Å². The Labute approximate surface area is 130 Å². The van der Waals surface area contributed by atoms with Gasteiger partial charge in [-0.2, -0.15) is 10.2 Å². The molecular weight excluding hydrogens is 274 g/mol. The van der Waals surface area contributed by atoms with Crippen molar-refractivity contribution in [3.8, 4) is 0 Å². The van der Waals surface area contributed by atoms with E-state index in [1.165, 1.54) is 0 Å².